The Hall–Kier alpha value is -2.11. The quantitative estimate of drug-likeness (QED) is 0.670. The number of benzene rings is 2. The van der Waals surface area contributed by atoms with Gasteiger partial charge in [0.2, 0.25) is 0 Å². The summed E-state index contributed by atoms with van der Waals surface area (Å²) >= 11 is 0. The molecule has 2 N–H and O–H groups in total. The van der Waals surface area contributed by atoms with Gasteiger partial charge >= 0.3 is 0 Å². The topological polar surface area (TPSA) is 70.2 Å². The molecule has 0 aliphatic heterocycles. The molecule has 3 aromatic rings. The summed E-state index contributed by atoms with van der Waals surface area (Å²) in [5, 5.41) is 1.28. The highest BCUT2D eigenvalue weighted by Gasteiger charge is 2.05. The van der Waals surface area contributed by atoms with Gasteiger partial charge in [-0.1, -0.05) is 36.4 Å². The fourth-order valence-corrected chi connectivity index (χ4v) is 2.09. The van der Waals surface area contributed by atoms with Crippen LogP contribution in [-0.2, 0) is 10.1 Å². The van der Waals surface area contributed by atoms with Crippen LogP contribution in [-0.4, -0.2) is 18.0 Å². The lowest BCUT2D eigenvalue weighted by Gasteiger charge is -1.92. The van der Waals surface area contributed by atoms with E-state index in [4.69, 9.17) is 4.55 Å². The third kappa shape index (κ3) is 3.67. The number of para-hydroxylation sites is 1. The maximum Gasteiger partial charge on any atom is 0.294 e. The van der Waals surface area contributed by atoms with Crippen molar-refractivity contribution >= 4 is 21.0 Å². The first-order chi connectivity index (χ1) is 9.07. The maximum absolute atomic E-state index is 10.4. The average molecular weight is 275 g/mol. The fraction of sp³-hybridized carbons (Fsp3) is 0. The summed E-state index contributed by atoms with van der Waals surface area (Å²) in [7, 11) is -4.00. The standard InChI is InChI=1S/C8H7N.C6H6O3S/c1-2-4-8-7(3-1)5-6-9-8;7-10(8,9)6-4-2-1-3-5-6/h1-6,9H;1-5H,(H,7,8,9). The molecule has 0 spiro atoms. The van der Waals surface area contributed by atoms with Crippen molar-refractivity contribution in [3.63, 3.8) is 0 Å². The Bertz CT molecular complexity index is 718. The van der Waals surface area contributed by atoms with Crippen LogP contribution in [0.3, 0.4) is 0 Å². The van der Waals surface area contributed by atoms with Gasteiger partial charge in [-0.3, -0.25) is 4.55 Å². The van der Waals surface area contributed by atoms with E-state index in [-0.39, 0.29) is 4.90 Å². The molecule has 2 aromatic carbocycles. The highest BCUT2D eigenvalue weighted by Crippen LogP contribution is 2.09. The molecule has 19 heavy (non-hydrogen) atoms. The largest absolute Gasteiger partial charge is 0.361 e. The Kier molecular flexibility index (Phi) is 3.99. The molecule has 0 bridgehead atoms. The van der Waals surface area contributed by atoms with E-state index in [0.29, 0.717) is 0 Å². The first-order valence-corrected chi connectivity index (χ1v) is 7.06. The lowest BCUT2D eigenvalue weighted by atomic mass is 10.3. The van der Waals surface area contributed by atoms with Crippen molar-refractivity contribution in [2.45, 2.75) is 4.90 Å². The van der Waals surface area contributed by atoms with Crippen LogP contribution in [0.5, 0.6) is 0 Å². The number of H-pyrrole nitrogens is 1. The summed E-state index contributed by atoms with van der Waals surface area (Å²) < 4.78 is 29.2. The molecule has 0 unspecified atom stereocenters. The zero-order valence-electron chi connectivity index (χ0n) is 10.0. The second-order valence-corrected chi connectivity index (χ2v) is 5.27. The van der Waals surface area contributed by atoms with Crippen LogP contribution in [0, 0.1) is 0 Å². The monoisotopic (exact) mass is 275 g/mol. The van der Waals surface area contributed by atoms with E-state index in [1.165, 1.54) is 23.0 Å². The molecule has 0 radical (unpaired) electrons. The molecular weight excluding hydrogens is 262 g/mol. The Balaban J connectivity index is 0.000000141. The molecule has 0 atom stereocenters. The van der Waals surface area contributed by atoms with Crippen molar-refractivity contribution in [1.29, 1.82) is 0 Å². The highest BCUT2D eigenvalue weighted by molar-refractivity contribution is 7.85. The van der Waals surface area contributed by atoms with E-state index in [1.807, 2.05) is 18.3 Å². The van der Waals surface area contributed by atoms with Gasteiger partial charge in [-0.2, -0.15) is 8.42 Å². The molecule has 0 saturated carbocycles. The molecule has 5 heteroatoms. The van der Waals surface area contributed by atoms with Gasteiger partial charge in [0.15, 0.2) is 0 Å². The van der Waals surface area contributed by atoms with Crippen LogP contribution in [0.25, 0.3) is 10.9 Å². The van der Waals surface area contributed by atoms with Gasteiger partial charge in [-0.05, 0) is 29.7 Å². The lowest BCUT2D eigenvalue weighted by molar-refractivity contribution is 0.483. The highest BCUT2D eigenvalue weighted by atomic mass is 32.2. The van der Waals surface area contributed by atoms with E-state index in [9.17, 15) is 8.42 Å². The predicted octanol–water partition coefficient (Wildman–Crippen LogP) is 3.10. The number of hydrogen-bond acceptors (Lipinski definition) is 2. The molecule has 0 aliphatic carbocycles. The molecule has 3 rings (SSSR count). The van der Waals surface area contributed by atoms with E-state index in [0.717, 1.165) is 0 Å². The van der Waals surface area contributed by atoms with Crippen LogP contribution in [0.4, 0.5) is 0 Å². The minimum Gasteiger partial charge on any atom is -0.361 e. The first kappa shape index (κ1) is 13.3. The summed E-state index contributed by atoms with van der Waals surface area (Å²) in [6.45, 7) is 0. The maximum atomic E-state index is 10.4. The molecule has 1 heterocycles. The molecule has 4 nitrogen and oxygen atoms in total. The summed E-state index contributed by atoms with van der Waals surface area (Å²) in [5.41, 5.74) is 1.21. The van der Waals surface area contributed by atoms with Crippen LogP contribution in [0.1, 0.15) is 0 Å². The van der Waals surface area contributed by atoms with Crippen LogP contribution in [0.2, 0.25) is 0 Å². The Morgan fingerprint density at radius 1 is 0.842 bits per heavy atom. The van der Waals surface area contributed by atoms with Crippen LogP contribution in [0.15, 0.2) is 71.8 Å². The smallest absolute Gasteiger partial charge is 0.294 e. The second-order valence-electron chi connectivity index (χ2n) is 3.85. The Labute approximate surface area is 111 Å². The van der Waals surface area contributed by atoms with Gasteiger partial charge in [0.05, 0.1) is 4.90 Å². The van der Waals surface area contributed by atoms with E-state index >= 15 is 0 Å². The zero-order valence-corrected chi connectivity index (χ0v) is 10.8. The van der Waals surface area contributed by atoms with Crippen molar-refractivity contribution in [3.05, 3.63) is 66.9 Å². The molecule has 0 fully saturated rings. The number of nitrogens with one attached hydrogen (secondary N) is 1. The van der Waals surface area contributed by atoms with Crippen LogP contribution < -0.4 is 0 Å². The molecular formula is C14H13NO3S. The van der Waals surface area contributed by atoms with E-state index in [2.05, 4.69) is 23.2 Å². The van der Waals surface area contributed by atoms with Crippen molar-refractivity contribution in [2.24, 2.45) is 0 Å². The lowest BCUT2D eigenvalue weighted by Crippen LogP contribution is -1.96. The molecule has 0 aliphatic rings. The fourth-order valence-electron chi connectivity index (χ4n) is 1.59. The van der Waals surface area contributed by atoms with Gasteiger partial charge in [-0.25, -0.2) is 0 Å². The van der Waals surface area contributed by atoms with E-state index in [1.54, 1.807) is 18.2 Å². The van der Waals surface area contributed by atoms with E-state index < -0.39 is 10.1 Å². The molecule has 0 saturated heterocycles. The van der Waals surface area contributed by atoms with Crippen molar-refractivity contribution in [1.82, 2.24) is 4.98 Å². The number of hydrogen-bond donors (Lipinski definition) is 2. The summed E-state index contributed by atoms with van der Waals surface area (Å²) in [6.07, 6.45) is 1.95. The third-order valence-corrected chi connectivity index (χ3v) is 3.37. The predicted molar refractivity (Wildman–Crippen MR) is 74.6 cm³/mol. The number of rotatable bonds is 1. The zero-order chi connectivity index (χ0) is 13.7. The summed E-state index contributed by atoms with van der Waals surface area (Å²) in [4.78, 5) is 3.05. The van der Waals surface area contributed by atoms with Crippen LogP contribution >= 0.6 is 0 Å². The Morgan fingerprint density at radius 2 is 1.47 bits per heavy atom. The minimum atomic E-state index is -4.00. The van der Waals surface area contributed by atoms with Gasteiger partial charge in [0.25, 0.3) is 10.1 Å². The van der Waals surface area contributed by atoms with Gasteiger partial charge in [0.1, 0.15) is 0 Å². The summed E-state index contributed by atoms with van der Waals surface area (Å²) in [6, 6.07) is 17.7. The normalized spacial score (nSPS) is 10.8. The SMILES string of the molecule is O=S(=O)(O)c1ccccc1.c1ccc2[nH]ccc2c1. The number of fused-ring (bicyclic) bond motifs is 1. The van der Waals surface area contributed by atoms with Crippen molar-refractivity contribution in [3.8, 4) is 0 Å². The Morgan fingerprint density at radius 3 is 2.05 bits per heavy atom. The molecule has 0 amide bonds. The van der Waals surface area contributed by atoms with Gasteiger partial charge < -0.3 is 4.98 Å². The molecule has 98 valence electrons. The van der Waals surface area contributed by atoms with Crippen molar-refractivity contribution < 1.29 is 13.0 Å². The first-order valence-electron chi connectivity index (χ1n) is 5.62. The number of aromatic nitrogens is 1. The minimum absolute atomic E-state index is 0.0741. The summed E-state index contributed by atoms with van der Waals surface area (Å²) in [5.74, 6) is 0. The van der Waals surface area contributed by atoms with Gasteiger partial charge in [0, 0.05) is 11.7 Å². The average Bonchev–Trinajstić information content (AvgIpc) is 2.88. The van der Waals surface area contributed by atoms with Gasteiger partial charge in [-0.15, -0.1) is 0 Å². The third-order valence-electron chi connectivity index (χ3n) is 2.50. The van der Waals surface area contributed by atoms with Crippen molar-refractivity contribution in [2.75, 3.05) is 0 Å². The second kappa shape index (κ2) is 5.69. The number of aromatic amines is 1. The molecule has 1 aromatic heterocycles.